The van der Waals surface area contributed by atoms with E-state index in [2.05, 4.69) is 100 Å². The molecule has 0 fully saturated rings. The van der Waals surface area contributed by atoms with E-state index in [0.29, 0.717) is 0 Å². The molecule has 0 saturated heterocycles. The van der Waals surface area contributed by atoms with Crippen molar-refractivity contribution in [1.29, 1.82) is 0 Å². The SMILES string of the molecule is CCC(CC)C(=O)/C=C(\O)C(CC)CC.Cc1ccc2[c-]c(-c3nccc4c3sc3[c]([Ge]([CH3])([CH3])[CH3])c(C)ccc34)cc(C(C)(C)C)c2c1.[Ir]. The third-order valence-corrected chi connectivity index (χ3v) is 15.8. The Balaban J connectivity index is 0.000000347. The summed E-state index contributed by atoms with van der Waals surface area (Å²) in [6.45, 7) is 19.4. The van der Waals surface area contributed by atoms with E-state index in [1.807, 2.05) is 45.2 Å². The quantitative estimate of drug-likeness (QED) is 0.0694. The number of benzene rings is 3. The predicted molar refractivity (Wildman–Crippen MR) is 214 cm³/mol. The van der Waals surface area contributed by atoms with Gasteiger partial charge in [0.05, 0.1) is 5.76 Å². The van der Waals surface area contributed by atoms with Gasteiger partial charge in [-0.2, -0.15) is 0 Å². The minimum atomic E-state index is -2.05. The number of hydrogen-bond donors (Lipinski definition) is 1. The van der Waals surface area contributed by atoms with Crippen LogP contribution in [0.3, 0.4) is 0 Å². The third kappa shape index (κ3) is 9.14. The molecule has 5 rings (SSSR count). The zero-order valence-electron chi connectivity index (χ0n) is 31.7. The van der Waals surface area contributed by atoms with Crippen molar-refractivity contribution in [3.05, 3.63) is 83.3 Å². The van der Waals surface area contributed by atoms with Crippen LogP contribution in [0.5, 0.6) is 0 Å². The fraction of sp³-hybridized carbons (Fsp3) is 0.442. The standard InChI is InChI=1S/C30H32GeNS.C13H24O2.Ir/c1-18-9-11-20-16-21(17-25(24(20)15-18)30(3,4)5)27-29-23(13-14-32-27)22-12-10-19(2)26(28(22)33-29)31(6,7)8;1-5-10(6-2)12(14)9-13(15)11(7-3)8-4;/h9-15,17H,1-8H3;9-11,14H,5-8H2,1-4H3;/q-1;;/b;12-9-;. The number of aliphatic hydroxyl groups is 1. The molecule has 3 nitrogen and oxygen atoms in total. The normalized spacial score (nSPS) is 12.5. The Morgan fingerprint density at radius 1 is 0.878 bits per heavy atom. The Bertz CT molecular complexity index is 1950. The summed E-state index contributed by atoms with van der Waals surface area (Å²) in [6, 6.07) is 19.6. The fourth-order valence-electron chi connectivity index (χ4n) is 6.91. The molecule has 5 aromatic rings. The molecular weight excluding hydrogens is 859 g/mol. The number of carbonyl (C=O) groups excluding carboxylic acids is 1. The molecule has 2 aromatic heterocycles. The summed E-state index contributed by atoms with van der Waals surface area (Å²) in [6.07, 6.45) is 6.88. The van der Waals surface area contributed by atoms with E-state index in [4.69, 9.17) is 4.98 Å². The molecule has 0 aliphatic carbocycles. The van der Waals surface area contributed by atoms with Gasteiger partial charge in [-0.05, 0) is 25.7 Å². The minimum absolute atomic E-state index is 0. The summed E-state index contributed by atoms with van der Waals surface area (Å²) in [5.74, 6) is 8.05. The summed E-state index contributed by atoms with van der Waals surface area (Å²) in [5.41, 5.74) is 6.29. The summed E-state index contributed by atoms with van der Waals surface area (Å²) in [5, 5.41) is 14.9. The Morgan fingerprint density at radius 3 is 2.06 bits per heavy atom. The molecule has 0 bridgehead atoms. The van der Waals surface area contributed by atoms with Crippen molar-refractivity contribution in [1.82, 2.24) is 4.98 Å². The molecule has 0 amide bonds. The van der Waals surface area contributed by atoms with Crippen LogP contribution in [-0.2, 0) is 30.3 Å². The van der Waals surface area contributed by atoms with Crippen molar-refractivity contribution in [2.75, 3.05) is 0 Å². The number of aliphatic hydroxyl groups excluding tert-OH is 1. The molecular formula is C43H56GeIrNO2S-. The van der Waals surface area contributed by atoms with Crippen LogP contribution in [0.15, 0.2) is 60.5 Å². The second-order valence-electron chi connectivity index (χ2n) is 15.4. The number of ketones is 1. The molecule has 3 aromatic carbocycles. The third-order valence-electron chi connectivity index (χ3n) is 9.68. The number of aryl methyl sites for hydroxylation is 2. The number of carbonyl (C=O) groups is 1. The predicted octanol–water partition coefficient (Wildman–Crippen LogP) is 12.4. The summed E-state index contributed by atoms with van der Waals surface area (Å²) >= 11 is -0.113. The molecule has 0 atom stereocenters. The maximum absolute atomic E-state index is 11.7. The molecule has 0 aliphatic rings. The first-order valence-electron chi connectivity index (χ1n) is 17.8. The van der Waals surface area contributed by atoms with Crippen LogP contribution >= 0.6 is 11.3 Å². The average molecular weight is 916 g/mol. The summed E-state index contributed by atoms with van der Waals surface area (Å²) in [4.78, 5) is 16.6. The molecule has 0 unspecified atom stereocenters. The first kappa shape index (κ1) is 41.1. The molecule has 265 valence electrons. The van der Waals surface area contributed by atoms with Gasteiger partial charge < -0.3 is 5.11 Å². The molecule has 0 spiro atoms. The van der Waals surface area contributed by atoms with Crippen molar-refractivity contribution in [2.45, 2.75) is 111 Å². The van der Waals surface area contributed by atoms with Gasteiger partial charge in [0.1, 0.15) is 0 Å². The van der Waals surface area contributed by atoms with Crippen LogP contribution in [0.4, 0.5) is 0 Å². The van der Waals surface area contributed by atoms with E-state index < -0.39 is 13.3 Å². The average Bonchev–Trinajstić information content (AvgIpc) is 3.39. The largest absolute Gasteiger partial charge is 0 e. The maximum atomic E-state index is 11.7. The molecule has 6 heteroatoms. The zero-order chi connectivity index (χ0) is 35.6. The Morgan fingerprint density at radius 2 is 1.49 bits per heavy atom. The van der Waals surface area contributed by atoms with Crippen LogP contribution < -0.4 is 4.40 Å². The van der Waals surface area contributed by atoms with Crippen LogP contribution in [-0.4, -0.2) is 29.1 Å². The minimum Gasteiger partial charge on any atom is 0 e. The Hall–Kier alpha value is -2.31. The first-order chi connectivity index (χ1) is 22.5. The number of nitrogens with zero attached hydrogens (tertiary/aromatic N) is 1. The van der Waals surface area contributed by atoms with Crippen molar-refractivity contribution >= 4 is 65.7 Å². The fourth-order valence-corrected chi connectivity index (χ4v) is 14.5. The number of fused-ring (bicyclic) bond motifs is 4. The topological polar surface area (TPSA) is 50.2 Å². The monoisotopic (exact) mass is 917 g/mol. The number of allylic oxidation sites excluding steroid dienone is 2. The number of pyridine rings is 1. The smallest absolute Gasteiger partial charge is 0 e. The molecule has 1 N–H and O–H groups in total. The zero-order valence-corrected chi connectivity index (χ0v) is 37.0. The van der Waals surface area contributed by atoms with E-state index in [9.17, 15) is 9.90 Å². The van der Waals surface area contributed by atoms with Crippen LogP contribution in [0, 0.1) is 31.7 Å². The van der Waals surface area contributed by atoms with Gasteiger partial charge in [-0.25, -0.2) is 0 Å². The van der Waals surface area contributed by atoms with Crippen molar-refractivity contribution in [3.8, 4) is 11.3 Å². The van der Waals surface area contributed by atoms with Crippen LogP contribution in [0.1, 0.15) is 90.8 Å². The van der Waals surface area contributed by atoms with Gasteiger partial charge in [-0.15, -0.1) is 0 Å². The number of aromatic nitrogens is 1. The van der Waals surface area contributed by atoms with Gasteiger partial charge in [-0.3, -0.25) is 4.79 Å². The van der Waals surface area contributed by atoms with Gasteiger partial charge in [0.25, 0.3) is 0 Å². The van der Waals surface area contributed by atoms with E-state index in [1.54, 1.807) is 4.40 Å². The molecule has 1 radical (unpaired) electrons. The van der Waals surface area contributed by atoms with Gasteiger partial charge in [-0.1, -0.05) is 27.7 Å². The van der Waals surface area contributed by atoms with E-state index in [-0.39, 0.29) is 48.9 Å². The number of thiophene rings is 1. The van der Waals surface area contributed by atoms with E-state index in [0.717, 1.165) is 36.9 Å². The van der Waals surface area contributed by atoms with Gasteiger partial charge in [0.15, 0.2) is 5.78 Å². The summed E-state index contributed by atoms with van der Waals surface area (Å²) < 4.78 is 4.39. The number of rotatable bonds is 9. The van der Waals surface area contributed by atoms with Crippen molar-refractivity contribution < 1.29 is 30.0 Å². The van der Waals surface area contributed by atoms with Crippen molar-refractivity contribution in [3.63, 3.8) is 0 Å². The molecule has 2 heterocycles. The first-order valence-corrected chi connectivity index (χ1v) is 25.9. The van der Waals surface area contributed by atoms with E-state index in [1.165, 1.54) is 53.7 Å². The Labute approximate surface area is 315 Å². The molecule has 0 saturated carbocycles. The van der Waals surface area contributed by atoms with Crippen molar-refractivity contribution in [2.24, 2.45) is 11.8 Å². The van der Waals surface area contributed by atoms with E-state index >= 15 is 0 Å². The summed E-state index contributed by atoms with van der Waals surface area (Å²) in [7, 11) is 0. The van der Waals surface area contributed by atoms with Gasteiger partial charge in [0.2, 0.25) is 0 Å². The van der Waals surface area contributed by atoms with Crippen LogP contribution in [0.25, 0.3) is 42.2 Å². The second-order valence-corrected chi connectivity index (χ2v) is 26.9. The number of hydrogen-bond acceptors (Lipinski definition) is 4. The van der Waals surface area contributed by atoms with Gasteiger partial charge in [0, 0.05) is 38.0 Å². The molecule has 0 aliphatic heterocycles. The molecule has 49 heavy (non-hydrogen) atoms. The second kappa shape index (κ2) is 16.8. The Kier molecular flexibility index (Phi) is 14.1. The van der Waals surface area contributed by atoms with Gasteiger partial charge >= 0.3 is 205 Å². The maximum Gasteiger partial charge on any atom is 0 e. The van der Waals surface area contributed by atoms with Crippen LogP contribution in [0.2, 0.25) is 17.3 Å².